The summed E-state index contributed by atoms with van der Waals surface area (Å²) in [6.07, 6.45) is 14.2. The van der Waals surface area contributed by atoms with Crippen molar-refractivity contribution in [3.8, 4) is 0 Å². The molecule has 0 saturated heterocycles. The molecule has 0 aromatic rings. The van der Waals surface area contributed by atoms with E-state index in [0.29, 0.717) is 0 Å². The van der Waals surface area contributed by atoms with Crippen molar-refractivity contribution in [2.45, 2.75) is 97.5 Å². The SMILES string of the molecule is CCC(O)CCCCCCCCCCC(C)C. The summed E-state index contributed by atoms with van der Waals surface area (Å²) >= 11 is 0. The summed E-state index contributed by atoms with van der Waals surface area (Å²) in [5.74, 6) is 0.875. The maximum absolute atomic E-state index is 9.40. The van der Waals surface area contributed by atoms with Gasteiger partial charge in [0, 0.05) is 0 Å². The fourth-order valence-electron chi connectivity index (χ4n) is 2.20. The molecule has 0 aromatic heterocycles. The first-order valence-corrected chi connectivity index (χ1v) is 7.84. The number of aliphatic hydroxyl groups is 1. The molecule has 0 spiro atoms. The van der Waals surface area contributed by atoms with E-state index in [1.165, 1.54) is 57.8 Å². The van der Waals surface area contributed by atoms with Crippen LogP contribution in [0.15, 0.2) is 0 Å². The first-order chi connectivity index (χ1) is 8.16. The molecule has 0 aliphatic carbocycles. The third-order valence-corrected chi connectivity index (χ3v) is 3.54. The lowest BCUT2D eigenvalue weighted by molar-refractivity contribution is 0.156. The Morgan fingerprint density at radius 2 is 1.12 bits per heavy atom. The zero-order valence-corrected chi connectivity index (χ0v) is 12.4. The largest absolute Gasteiger partial charge is 0.393 e. The van der Waals surface area contributed by atoms with Crippen molar-refractivity contribution in [1.29, 1.82) is 0 Å². The Kier molecular flexibility index (Phi) is 12.4. The number of unbranched alkanes of at least 4 members (excludes halogenated alkanes) is 7. The van der Waals surface area contributed by atoms with Crippen LogP contribution in [0.1, 0.15) is 91.4 Å². The highest BCUT2D eigenvalue weighted by molar-refractivity contribution is 4.53. The van der Waals surface area contributed by atoms with Crippen LogP contribution in [0.4, 0.5) is 0 Å². The second-order valence-corrected chi connectivity index (χ2v) is 5.86. The third kappa shape index (κ3) is 13.9. The van der Waals surface area contributed by atoms with E-state index in [1.54, 1.807) is 0 Å². The molecule has 0 saturated carbocycles. The van der Waals surface area contributed by atoms with Crippen LogP contribution in [0, 0.1) is 5.92 Å². The van der Waals surface area contributed by atoms with E-state index in [4.69, 9.17) is 0 Å². The van der Waals surface area contributed by atoms with Crippen molar-refractivity contribution in [2.75, 3.05) is 0 Å². The molecule has 0 aromatic carbocycles. The van der Waals surface area contributed by atoms with Crippen LogP contribution in [-0.4, -0.2) is 11.2 Å². The number of aliphatic hydroxyl groups excluding tert-OH is 1. The third-order valence-electron chi connectivity index (χ3n) is 3.54. The molecule has 17 heavy (non-hydrogen) atoms. The van der Waals surface area contributed by atoms with Gasteiger partial charge in [-0.05, 0) is 18.8 Å². The van der Waals surface area contributed by atoms with Gasteiger partial charge in [-0.3, -0.25) is 0 Å². The first kappa shape index (κ1) is 17.0. The van der Waals surface area contributed by atoms with E-state index >= 15 is 0 Å². The van der Waals surface area contributed by atoms with E-state index < -0.39 is 0 Å². The summed E-state index contributed by atoms with van der Waals surface area (Å²) < 4.78 is 0. The van der Waals surface area contributed by atoms with Gasteiger partial charge < -0.3 is 5.11 Å². The van der Waals surface area contributed by atoms with Crippen molar-refractivity contribution >= 4 is 0 Å². The van der Waals surface area contributed by atoms with Gasteiger partial charge in [-0.2, -0.15) is 0 Å². The molecule has 104 valence electrons. The van der Waals surface area contributed by atoms with E-state index in [-0.39, 0.29) is 6.10 Å². The summed E-state index contributed by atoms with van der Waals surface area (Å²) in [5.41, 5.74) is 0. The van der Waals surface area contributed by atoms with Gasteiger partial charge in [-0.1, -0.05) is 78.6 Å². The predicted molar refractivity (Wildman–Crippen MR) is 77.3 cm³/mol. The predicted octanol–water partition coefficient (Wildman–Crippen LogP) is 5.31. The van der Waals surface area contributed by atoms with Crippen LogP contribution < -0.4 is 0 Å². The Balaban J connectivity index is 2.99. The molecule has 0 bridgehead atoms. The fourth-order valence-corrected chi connectivity index (χ4v) is 2.20. The Labute approximate surface area is 109 Å². The van der Waals surface area contributed by atoms with Crippen LogP contribution in [0.2, 0.25) is 0 Å². The van der Waals surface area contributed by atoms with Crippen LogP contribution in [-0.2, 0) is 0 Å². The van der Waals surface area contributed by atoms with Gasteiger partial charge in [0.2, 0.25) is 0 Å². The van der Waals surface area contributed by atoms with Gasteiger partial charge in [0.05, 0.1) is 6.10 Å². The first-order valence-electron chi connectivity index (χ1n) is 7.84. The highest BCUT2D eigenvalue weighted by Gasteiger charge is 1.99. The average Bonchev–Trinajstić information content (AvgIpc) is 2.30. The summed E-state index contributed by atoms with van der Waals surface area (Å²) in [5, 5.41) is 9.40. The normalized spacial score (nSPS) is 13.2. The standard InChI is InChI=1S/C16H34O/c1-4-16(17)14-12-10-8-6-5-7-9-11-13-15(2)3/h15-17H,4-14H2,1-3H3. The maximum Gasteiger partial charge on any atom is 0.0537 e. The summed E-state index contributed by atoms with van der Waals surface area (Å²) in [6, 6.07) is 0. The van der Waals surface area contributed by atoms with Gasteiger partial charge in [-0.15, -0.1) is 0 Å². The lowest BCUT2D eigenvalue weighted by Crippen LogP contribution is -2.03. The highest BCUT2D eigenvalue weighted by atomic mass is 16.3. The molecule has 1 nitrogen and oxygen atoms in total. The molecule has 1 heteroatoms. The van der Waals surface area contributed by atoms with Crippen molar-refractivity contribution in [3.05, 3.63) is 0 Å². The van der Waals surface area contributed by atoms with Gasteiger partial charge in [0.1, 0.15) is 0 Å². The molecule has 0 heterocycles. The zero-order valence-electron chi connectivity index (χ0n) is 12.4. The van der Waals surface area contributed by atoms with Crippen LogP contribution in [0.3, 0.4) is 0 Å². The van der Waals surface area contributed by atoms with Gasteiger partial charge >= 0.3 is 0 Å². The number of rotatable bonds is 12. The van der Waals surface area contributed by atoms with Crippen LogP contribution >= 0.6 is 0 Å². The minimum absolute atomic E-state index is 0.0500. The molecular weight excluding hydrogens is 208 g/mol. The van der Waals surface area contributed by atoms with Crippen molar-refractivity contribution in [2.24, 2.45) is 5.92 Å². The number of hydrogen-bond donors (Lipinski definition) is 1. The van der Waals surface area contributed by atoms with Gasteiger partial charge in [0.15, 0.2) is 0 Å². The molecule has 1 N–H and O–H groups in total. The monoisotopic (exact) mass is 242 g/mol. The topological polar surface area (TPSA) is 20.2 Å². The van der Waals surface area contributed by atoms with Crippen LogP contribution in [0.5, 0.6) is 0 Å². The zero-order chi connectivity index (χ0) is 12.9. The van der Waals surface area contributed by atoms with Gasteiger partial charge in [-0.25, -0.2) is 0 Å². The van der Waals surface area contributed by atoms with Crippen molar-refractivity contribution in [3.63, 3.8) is 0 Å². The summed E-state index contributed by atoms with van der Waals surface area (Å²) in [4.78, 5) is 0. The average molecular weight is 242 g/mol. The Hall–Kier alpha value is -0.0400. The van der Waals surface area contributed by atoms with Crippen molar-refractivity contribution in [1.82, 2.24) is 0 Å². The minimum atomic E-state index is -0.0500. The van der Waals surface area contributed by atoms with Gasteiger partial charge in [0.25, 0.3) is 0 Å². The van der Waals surface area contributed by atoms with Crippen molar-refractivity contribution < 1.29 is 5.11 Å². The second kappa shape index (κ2) is 12.4. The smallest absolute Gasteiger partial charge is 0.0537 e. The molecule has 0 amide bonds. The Bertz CT molecular complexity index is 142. The molecule has 0 rings (SSSR count). The maximum atomic E-state index is 9.40. The molecule has 0 aliphatic rings. The lowest BCUT2D eigenvalue weighted by Gasteiger charge is -2.07. The quantitative estimate of drug-likeness (QED) is 0.460. The Morgan fingerprint density at radius 3 is 1.53 bits per heavy atom. The van der Waals surface area contributed by atoms with E-state index in [1.807, 2.05) is 0 Å². The highest BCUT2D eigenvalue weighted by Crippen LogP contribution is 2.13. The lowest BCUT2D eigenvalue weighted by atomic mass is 10.0. The second-order valence-electron chi connectivity index (χ2n) is 5.86. The van der Waals surface area contributed by atoms with E-state index in [2.05, 4.69) is 20.8 Å². The summed E-state index contributed by atoms with van der Waals surface area (Å²) in [6.45, 7) is 6.68. The minimum Gasteiger partial charge on any atom is -0.393 e. The molecule has 1 unspecified atom stereocenters. The fraction of sp³-hybridized carbons (Fsp3) is 1.00. The van der Waals surface area contributed by atoms with E-state index in [9.17, 15) is 5.11 Å². The molecule has 0 fully saturated rings. The molecule has 1 atom stereocenters. The van der Waals surface area contributed by atoms with Crippen LogP contribution in [0.25, 0.3) is 0 Å². The molecular formula is C16H34O. The Morgan fingerprint density at radius 1 is 0.706 bits per heavy atom. The molecule has 0 aliphatic heterocycles. The van der Waals surface area contributed by atoms with E-state index in [0.717, 1.165) is 18.8 Å². The molecule has 0 radical (unpaired) electrons. The summed E-state index contributed by atoms with van der Waals surface area (Å²) in [7, 11) is 0. The number of hydrogen-bond acceptors (Lipinski definition) is 1.